The minimum atomic E-state index is -3.48. The van der Waals surface area contributed by atoms with Gasteiger partial charge in [0, 0.05) is 11.1 Å². The molecule has 0 aliphatic carbocycles. The minimum Gasteiger partial charge on any atom is -0.387 e. The van der Waals surface area contributed by atoms with Crippen LogP contribution in [-0.4, -0.2) is 24.4 Å². The Morgan fingerprint density at radius 1 is 1.35 bits per heavy atom. The van der Waals surface area contributed by atoms with Gasteiger partial charge in [0.1, 0.15) is 5.76 Å². The smallest absolute Gasteiger partial charge is 0.159 e. The molecular formula is C13H14ClNO4S. The quantitative estimate of drug-likeness (QED) is 0.915. The Hall–Kier alpha value is -1.37. The topological polar surface area (TPSA) is 80.4 Å². The molecule has 1 aromatic heterocycles. The van der Waals surface area contributed by atoms with Gasteiger partial charge in [0.05, 0.1) is 23.3 Å². The van der Waals surface area contributed by atoms with Crippen molar-refractivity contribution in [1.82, 2.24) is 5.16 Å². The van der Waals surface area contributed by atoms with E-state index in [9.17, 15) is 13.5 Å². The van der Waals surface area contributed by atoms with Gasteiger partial charge in [-0.15, -0.1) is 0 Å². The van der Waals surface area contributed by atoms with Crippen molar-refractivity contribution >= 4 is 21.4 Å². The largest absolute Gasteiger partial charge is 0.387 e. The summed E-state index contributed by atoms with van der Waals surface area (Å²) in [6.45, 7) is 1.69. The Morgan fingerprint density at radius 3 is 2.55 bits per heavy atom. The second-order valence-electron chi connectivity index (χ2n) is 4.55. The van der Waals surface area contributed by atoms with Crippen LogP contribution >= 0.6 is 11.6 Å². The molecule has 0 aliphatic rings. The number of aromatic nitrogens is 1. The molecule has 0 radical (unpaired) electrons. The third-order valence-corrected chi connectivity index (χ3v) is 4.52. The van der Waals surface area contributed by atoms with Crippen molar-refractivity contribution in [2.75, 3.05) is 5.75 Å². The van der Waals surface area contributed by atoms with Crippen molar-refractivity contribution in [1.29, 1.82) is 0 Å². The lowest BCUT2D eigenvalue weighted by atomic mass is 10.1. The maximum Gasteiger partial charge on any atom is 0.159 e. The first-order valence-corrected chi connectivity index (χ1v) is 8.12. The van der Waals surface area contributed by atoms with Gasteiger partial charge in [-0.05, 0) is 24.6 Å². The van der Waals surface area contributed by atoms with E-state index in [1.807, 2.05) is 0 Å². The zero-order valence-electron chi connectivity index (χ0n) is 10.8. The molecular weight excluding hydrogens is 302 g/mol. The van der Waals surface area contributed by atoms with Crippen LogP contribution in [0.1, 0.15) is 23.1 Å². The summed E-state index contributed by atoms with van der Waals surface area (Å²) in [6, 6.07) is 7.97. The van der Waals surface area contributed by atoms with Crippen LogP contribution in [0.4, 0.5) is 0 Å². The summed E-state index contributed by atoms with van der Waals surface area (Å²) >= 11 is 5.74. The van der Waals surface area contributed by atoms with E-state index in [0.29, 0.717) is 22.0 Å². The summed E-state index contributed by atoms with van der Waals surface area (Å²) in [6.07, 6.45) is -1.09. The van der Waals surface area contributed by atoms with Crippen molar-refractivity contribution < 1.29 is 18.0 Å². The van der Waals surface area contributed by atoms with Gasteiger partial charge in [0.25, 0.3) is 0 Å². The molecule has 1 heterocycles. The molecule has 7 heteroatoms. The fourth-order valence-corrected chi connectivity index (χ4v) is 3.30. The maximum absolute atomic E-state index is 12.0. The molecule has 1 atom stereocenters. The van der Waals surface area contributed by atoms with E-state index in [2.05, 4.69) is 5.16 Å². The summed E-state index contributed by atoms with van der Waals surface area (Å²) in [7, 11) is -3.48. The van der Waals surface area contributed by atoms with Crippen molar-refractivity contribution in [3.8, 4) is 0 Å². The molecule has 2 rings (SSSR count). The molecule has 5 nitrogen and oxygen atoms in total. The minimum absolute atomic E-state index is 0.255. The van der Waals surface area contributed by atoms with Gasteiger partial charge in [0.2, 0.25) is 0 Å². The molecule has 0 saturated heterocycles. The molecule has 1 unspecified atom stereocenters. The number of sulfone groups is 1. The Morgan fingerprint density at radius 2 is 2.00 bits per heavy atom. The molecule has 1 N–H and O–H groups in total. The lowest BCUT2D eigenvalue weighted by Crippen LogP contribution is -2.16. The van der Waals surface area contributed by atoms with Crippen LogP contribution in [-0.2, 0) is 15.6 Å². The van der Waals surface area contributed by atoms with E-state index < -0.39 is 15.9 Å². The highest BCUT2D eigenvalue weighted by molar-refractivity contribution is 7.90. The number of rotatable bonds is 5. The number of benzene rings is 1. The first kappa shape index (κ1) is 15.0. The predicted octanol–water partition coefficient (Wildman–Crippen LogP) is 2.28. The standard InChI is InChI=1S/C13H14ClNO4S/c1-9-6-12(15-19-9)7-20(17,18)8-13(16)10-2-4-11(14)5-3-10/h2-6,13,16H,7-8H2,1H3. The lowest BCUT2D eigenvalue weighted by Gasteiger charge is -2.11. The number of aryl methyl sites for hydroxylation is 1. The zero-order valence-corrected chi connectivity index (χ0v) is 12.4. The molecule has 20 heavy (non-hydrogen) atoms. The summed E-state index contributed by atoms with van der Waals surface area (Å²) in [5.74, 6) is -0.0799. The van der Waals surface area contributed by atoms with Crippen LogP contribution < -0.4 is 0 Å². The SMILES string of the molecule is Cc1cc(CS(=O)(=O)CC(O)c2ccc(Cl)cc2)no1. The Balaban J connectivity index is 2.05. The van der Waals surface area contributed by atoms with E-state index in [1.165, 1.54) is 0 Å². The fraction of sp³-hybridized carbons (Fsp3) is 0.308. The zero-order chi connectivity index (χ0) is 14.8. The highest BCUT2D eigenvalue weighted by atomic mass is 35.5. The van der Waals surface area contributed by atoms with E-state index in [0.717, 1.165) is 0 Å². The number of nitrogens with zero attached hydrogens (tertiary/aromatic N) is 1. The molecule has 1 aromatic carbocycles. The molecule has 0 amide bonds. The van der Waals surface area contributed by atoms with Crippen LogP contribution in [0.15, 0.2) is 34.9 Å². The Kier molecular flexibility index (Phi) is 4.47. The molecule has 108 valence electrons. The maximum atomic E-state index is 12.0. The van der Waals surface area contributed by atoms with Gasteiger partial charge in [-0.25, -0.2) is 8.42 Å². The first-order valence-electron chi connectivity index (χ1n) is 5.92. The van der Waals surface area contributed by atoms with Gasteiger partial charge in [0.15, 0.2) is 9.84 Å². The molecule has 0 saturated carbocycles. The summed E-state index contributed by atoms with van der Waals surface area (Å²) in [4.78, 5) is 0. The highest BCUT2D eigenvalue weighted by Crippen LogP contribution is 2.19. The molecule has 0 bridgehead atoms. The third-order valence-electron chi connectivity index (χ3n) is 2.71. The van der Waals surface area contributed by atoms with Gasteiger partial charge < -0.3 is 9.63 Å². The number of hydrogen-bond donors (Lipinski definition) is 1. The number of hydrogen-bond acceptors (Lipinski definition) is 5. The second kappa shape index (κ2) is 5.95. The van der Waals surface area contributed by atoms with Crippen molar-refractivity contribution in [2.45, 2.75) is 18.8 Å². The second-order valence-corrected chi connectivity index (χ2v) is 7.10. The number of aliphatic hydroxyl groups is 1. The lowest BCUT2D eigenvalue weighted by molar-refractivity contribution is 0.201. The Labute approximate surface area is 122 Å². The van der Waals surface area contributed by atoms with Crippen molar-refractivity contribution in [3.63, 3.8) is 0 Å². The molecule has 0 aliphatic heterocycles. The van der Waals surface area contributed by atoms with E-state index in [1.54, 1.807) is 37.3 Å². The van der Waals surface area contributed by atoms with E-state index in [4.69, 9.17) is 16.1 Å². The molecule has 0 fully saturated rings. The normalized spacial score (nSPS) is 13.3. The van der Waals surface area contributed by atoms with Crippen LogP contribution in [0.2, 0.25) is 5.02 Å². The van der Waals surface area contributed by atoms with Crippen LogP contribution in [0.25, 0.3) is 0 Å². The number of aliphatic hydroxyl groups excluding tert-OH is 1. The average molecular weight is 316 g/mol. The molecule has 2 aromatic rings. The summed E-state index contributed by atoms with van der Waals surface area (Å²) in [5.41, 5.74) is 0.847. The fourth-order valence-electron chi connectivity index (χ4n) is 1.79. The summed E-state index contributed by atoms with van der Waals surface area (Å²) in [5, 5.41) is 14.1. The van der Waals surface area contributed by atoms with Crippen LogP contribution in [0.3, 0.4) is 0 Å². The van der Waals surface area contributed by atoms with Gasteiger partial charge in [-0.1, -0.05) is 28.9 Å². The first-order chi connectivity index (χ1) is 9.35. The highest BCUT2D eigenvalue weighted by Gasteiger charge is 2.21. The summed E-state index contributed by atoms with van der Waals surface area (Å²) < 4.78 is 28.8. The predicted molar refractivity (Wildman–Crippen MR) is 75.1 cm³/mol. The van der Waals surface area contributed by atoms with Crippen LogP contribution in [0.5, 0.6) is 0 Å². The van der Waals surface area contributed by atoms with Crippen molar-refractivity contribution in [3.05, 3.63) is 52.4 Å². The van der Waals surface area contributed by atoms with E-state index >= 15 is 0 Å². The monoisotopic (exact) mass is 315 g/mol. The third kappa shape index (κ3) is 4.06. The van der Waals surface area contributed by atoms with Crippen molar-refractivity contribution in [2.24, 2.45) is 0 Å². The van der Waals surface area contributed by atoms with Gasteiger partial charge >= 0.3 is 0 Å². The van der Waals surface area contributed by atoms with E-state index in [-0.39, 0.29) is 11.5 Å². The Bertz CT molecular complexity index is 679. The number of halogens is 1. The van der Waals surface area contributed by atoms with Gasteiger partial charge in [-0.2, -0.15) is 0 Å². The molecule has 0 spiro atoms. The average Bonchev–Trinajstić information content (AvgIpc) is 2.73. The van der Waals surface area contributed by atoms with Crippen LogP contribution in [0, 0.1) is 6.92 Å². The van der Waals surface area contributed by atoms with Gasteiger partial charge in [-0.3, -0.25) is 0 Å².